The highest BCUT2D eigenvalue weighted by atomic mass is 32.2. The maximum Gasteiger partial charge on any atom is 0.333 e. The second-order valence-corrected chi connectivity index (χ2v) is 13.9. The zero-order valence-electron chi connectivity index (χ0n) is 30.0. The summed E-state index contributed by atoms with van der Waals surface area (Å²) in [6.45, 7) is 1.89. The summed E-state index contributed by atoms with van der Waals surface area (Å²) in [6.07, 6.45) is 1.64. The molecule has 6 rings (SSSR count). The van der Waals surface area contributed by atoms with Crippen molar-refractivity contribution in [1.82, 2.24) is 9.13 Å². The van der Waals surface area contributed by atoms with Gasteiger partial charge in [0.1, 0.15) is 28.9 Å². The van der Waals surface area contributed by atoms with E-state index in [2.05, 4.69) is 0 Å². The van der Waals surface area contributed by atoms with Crippen molar-refractivity contribution in [1.29, 1.82) is 0 Å². The van der Waals surface area contributed by atoms with E-state index in [0.29, 0.717) is 34.8 Å². The molecular weight excluding hydrogens is 713 g/mol. The average molecular weight is 753 g/mol. The number of primary amides is 1. The first kappa shape index (κ1) is 38.0. The Kier molecular flexibility index (Phi) is 11.6. The Morgan fingerprint density at radius 2 is 1.54 bits per heavy atom. The highest BCUT2D eigenvalue weighted by Crippen LogP contribution is 2.42. The number of nitrogens with zero attached hydrogens (tertiary/aromatic N) is 3. The number of benzene rings is 4. The molecule has 5 aromatic rings. The van der Waals surface area contributed by atoms with Crippen LogP contribution in [0.4, 0.5) is 5.69 Å². The van der Waals surface area contributed by atoms with E-state index in [9.17, 15) is 24.5 Å². The van der Waals surface area contributed by atoms with Gasteiger partial charge in [-0.1, -0.05) is 54.6 Å². The predicted octanol–water partition coefficient (Wildman–Crippen LogP) is 5.82. The molecule has 54 heavy (non-hydrogen) atoms. The van der Waals surface area contributed by atoms with Gasteiger partial charge in [-0.2, -0.15) is 0 Å². The first-order valence-corrected chi connectivity index (χ1v) is 18.2. The lowest BCUT2D eigenvalue weighted by atomic mass is 9.80. The first-order valence-electron chi connectivity index (χ1n) is 17.2. The molecule has 4 aromatic carbocycles. The number of aromatic nitrogens is 2. The summed E-state index contributed by atoms with van der Waals surface area (Å²) in [5.41, 5.74) is 5.80. The normalized spacial score (nSPS) is 15.5. The summed E-state index contributed by atoms with van der Waals surface area (Å²) in [5.74, 6) is 0.771. The lowest BCUT2D eigenvalue weighted by molar-refractivity contribution is -0.385. The van der Waals surface area contributed by atoms with E-state index >= 15 is 0 Å². The van der Waals surface area contributed by atoms with E-state index in [0.717, 1.165) is 21.3 Å². The number of hydrogen-bond donors (Lipinski definition) is 1. The zero-order valence-corrected chi connectivity index (χ0v) is 30.8. The van der Waals surface area contributed by atoms with E-state index in [1.54, 1.807) is 21.1 Å². The molecule has 14 heteroatoms. The van der Waals surface area contributed by atoms with Gasteiger partial charge in [-0.3, -0.25) is 28.8 Å². The van der Waals surface area contributed by atoms with Crippen LogP contribution in [-0.2, 0) is 21.6 Å². The summed E-state index contributed by atoms with van der Waals surface area (Å²) < 4.78 is 27.0. The van der Waals surface area contributed by atoms with Crippen molar-refractivity contribution in [2.24, 2.45) is 5.73 Å². The van der Waals surface area contributed by atoms with E-state index in [1.807, 2.05) is 78.9 Å². The Hall–Kier alpha value is -5.70. The van der Waals surface area contributed by atoms with Crippen LogP contribution in [0.2, 0.25) is 0 Å². The SMILES string of the molecule is COc1ccc(C(OC[C@@H]2CC[C@H](n3cc(C)c(=O)n(CCSc4ccc([N+](=O)[O-])c(C(N)=O)c4)c3=O)O2)(c2ccccc2)c2ccc(OC)cc2)cc1. The van der Waals surface area contributed by atoms with Crippen LogP contribution in [0.3, 0.4) is 0 Å². The molecule has 0 unspecified atom stereocenters. The topological polar surface area (TPSA) is 167 Å². The lowest BCUT2D eigenvalue weighted by Crippen LogP contribution is -2.42. The van der Waals surface area contributed by atoms with Crippen LogP contribution in [-0.4, -0.2) is 52.6 Å². The van der Waals surface area contributed by atoms with Gasteiger partial charge in [-0.05, 0) is 72.9 Å². The van der Waals surface area contributed by atoms with Crippen molar-refractivity contribution >= 4 is 23.4 Å². The van der Waals surface area contributed by atoms with Gasteiger partial charge in [-0.15, -0.1) is 11.8 Å². The Morgan fingerprint density at radius 3 is 2.11 bits per heavy atom. The number of nitrogens with two attached hydrogens (primary N) is 1. The van der Waals surface area contributed by atoms with E-state index in [4.69, 9.17) is 24.7 Å². The van der Waals surface area contributed by atoms with Gasteiger partial charge in [-0.25, -0.2) is 4.79 Å². The minimum Gasteiger partial charge on any atom is -0.497 e. The highest BCUT2D eigenvalue weighted by Gasteiger charge is 2.40. The van der Waals surface area contributed by atoms with Crippen molar-refractivity contribution in [2.45, 2.75) is 49.1 Å². The minimum absolute atomic E-state index is 0.0511. The Bertz CT molecular complexity index is 2190. The van der Waals surface area contributed by atoms with E-state index in [-0.39, 0.29) is 30.6 Å². The molecule has 2 N–H and O–H groups in total. The zero-order chi connectivity index (χ0) is 38.4. The van der Waals surface area contributed by atoms with Gasteiger partial charge in [0.2, 0.25) is 0 Å². The van der Waals surface area contributed by atoms with Crippen LogP contribution >= 0.6 is 11.8 Å². The van der Waals surface area contributed by atoms with Gasteiger partial charge in [0.25, 0.3) is 17.2 Å². The molecule has 1 aromatic heterocycles. The van der Waals surface area contributed by atoms with Crippen LogP contribution in [0, 0.1) is 17.0 Å². The molecule has 0 radical (unpaired) electrons. The van der Waals surface area contributed by atoms with Crippen LogP contribution in [0.15, 0.2) is 118 Å². The average Bonchev–Trinajstić information content (AvgIpc) is 3.67. The van der Waals surface area contributed by atoms with Crippen molar-refractivity contribution in [3.63, 3.8) is 0 Å². The van der Waals surface area contributed by atoms with Crippen molar-refractivity contribution in [3.8, 4) is 11.5 Å². The molecule has 1 saturated heterocycles. The second-order valence-electron chi connectivity index (χ2n) is 12.7. The second kappa shape index (κ2) is 16.5. The molecule has 13 nitrogen and oxygen atoms in total. The van der Waals surface area contributed by atoms with Gasteiger partial charge in [0, 0.05) is 35.0 Å². The predicted molar refractivity (Wildman–Crippen MR) is 203 cm³/mol. The third kappa shape index (κ3) is 7.81. The maximum absolute atomic E-state index is 13.8. The molecule has 0 spiro atoms. The first-order chi connectivity index (χ1) is 26.0. The van der Waals surface area contributed by atoms with E-state index in [1.165, 1.54) is 40.7 Å². The van der Waals surface area contributed by atoms with Gasteiger partial charge < -0.3 is 24.7 Å². The van der Waals surface area contributed by atoms with Crippen LogP contribution in [0.1, 0.15) is 51.7 Å². The number of aryl methyl sites for hydroxylation is 1. The van der Waals surface area contributed by atoms with Crippen LogP contribution < -0.4 is 26.5 Å². The summed E-state index contributed by atoms with van der Waals surface area (Å²) >= 11 is 1.24. The molecule has 2 heterocycles. The lowest BCUT2D eigenvalue weighted by Gasteiger charge is -2.37. The Balaban J connectivity index is 1.23. The minimum atomic E-state index is -1.04. The summed E-state index contributed by atoms with van der Waals surface area (Å²) in [5, 5.41) is 11.3. The highest BCUT2D eigenvalue weighted by molar-refractivity contribution is 7.99. The number of amides is 1. The fourth-order valence-corrected chi connectivity index (χ4v) is 7.56. The fourth-order valence-electron chi connectivity index (χ4n) is 6.68. The van der Waals surface area contributed by atoms with E-state index < -0.39 is 39.6 Å². The largest absolute Gasteiger partial charge is 0.497 e. The van der Waals surface area contributed by atoms with Gasteiger partial charge >= 0.3 is 5.69 Å². The number of methoxy groups -OCH3 is 2. The molecular formula is C40H40N4O9S. The molecule has 1 aliphatic rings. The summed E-state index contributed by atoms with van der Waals surface area (Å²) in [6, 6.07) is 29.5. The molecule has 280 valence electrons. The number of thioether (sulfide) groups is 1. The fraction of sp³-hybridized carbons (Fsp3) is 0.275. The number of nitro benzene ring substituents is 1. The van der Waals surface area contributed by atoms with Crippen molar-refractivity contribution in [3.05, 3.63) is 162 Å². The molecule has 1 fully saturated rings. The molecule has 1 amide bonds. The summed E-state index contributed by atoms with van der Waals surface area (Å²) in [7, 11) is 3.24. The Labute approximate surface area is 315 Å². The quantitative estimate of drug-likeness (QED) is 0.0596. The Morgan fingerprint density at radius 1 is 0.926 bits per heavy atom. The smallest absolute Gasteiger partial charge is 0.333 e. The van der Waals surface area contributed by atoms with Crippen molar-refractivity contribution < 1.29 is 28.7 Å². The number of carbonyl (C=O) groups excluding carboxylic acids is 1. The van der Waals surface area contributed by atoms with Crippen LogP contribution in [0.25, 0.3) is 0 Å². The van der Waals surface area contributed by atoms with Crippen molar-refractivity contribution in [2.75, 3.05) is 26.6 Å². The number of rotatable bonds is 15. The van der Waals surface area contributed by atoms with Gasteiger partial charge in [0.05, 0.1) is 31.9 Å². The standard InChI is InChI=1S/C40H40N4O9S/c1-26-24-43(39(47)42(38(26)46)21-22-54-33-18-19-35(44(48)49)34(23-33)37(41)45)36-20-17-32(53-36)25-52-40(27-7-5-4-6-8-27,28-9-13-30(50-2)14-10-28)29-11-15-31(51-3)16-12-29/h4-16,18-19,23-24,32,36H,17,20-22,25H2,1-3H3,(H2,41,45)/t32-,36+/m0/s1. The monoisotopic (exact) mass is 752 g/mol. The molecule has 0 aliphatic carbocycles. The van der Waals surface area contributed by atoms with Crippen LogP contribution in [0.5, 0.6) is 11.5 Å². The number of hydrogen-bond acceptors (Lipinski definition) is 10. The summed E-state index contributed by atoms with van der Waals surface area (Å²) in [4.78, 5) is 49.9. The third-order valence-electron chi connectivity index (χ3n) is 9.44. The molecule has 2 atom stereocenters. The maximum atomic E-state index is 13.8. The van der Waals surface area contributed by atoms with Gasteiger partial charge in [0.15, 0.2) is 0 Å². The molecule has 0 bridgehead atoms. The number of carbonyl (C=O) groups is 1. The number of ether oxygens (including phenoxy) is 4. The third-order valence-corrected chi connectivity index (χ3v) is 10.4. The molecule has 1 aliphatic heterocycles. The molecule has 0 saturated carbocycles. The number of nitro groups is 1.